The summed E-state index contributed by atoms with van der Waals surface area (Å²) in [5.74, 6) is -1.35. The molecule has 0 aliphatic carbocycles. The van der Waals surface area contributed by atoms with E-state index in [0.29, 0.717) is 16.1 Å². The van der Waals surface area contributed by atoms with Crippen molar-refractivity contribution in [1.29, 1.82) is 0 Å². The van der Waals surface area contributed by atoms with Crippen LogP contribution in [0.2, 0.25) is 10.2 Å². The number of aromatic nitrogens is 1. The first-order valence-corrected chi connectivity index (χ1v) is 8.56. The molecule has 1 amide bonds. The number of benzene rings is 2. The van der Waals surface area contributed by atoms with E-state index in [1.54, 1.807) is 24.3 Å². The van der Waals surface area contributed by atoms with E-state index in [1.165, 1.54) is 18.2 Å². The number of hydrogen-bond donors (Lipinski definition) is 1. The summed E-state index contributed by atoms with van der Waals surface area (Å²) < 4.78 is 4.98. The molecule has 0 aliphatic heterocycles. The number of fused-ring (bicyclic) bond motifs is 1. The zero-order valence-electron chi connectivity index (χ0n) is 14.0. The van der Waals surface area contributed by atoms with Gasteiger partial charge in [0.1, 0.15) is 10.2 Å². The topological polar surface area (TPSA) is 111 Å². The minimum atomic E-state index is -0.700. The summed E-state index contributed by atoms with van der Waals surface area (Å²) in [6.45, 7) is -0.563. The first-order chi connectivity index (χ1) is 13.3. The Hall–Kier alpha value is -3.23. The Bertz CT molecular complexity index is 1100. The van der Waals surface area contributed by atoms with Crippen LogP contribution < -0.4 is 5.32 Å². The summed E-state index contributed by atoms with van der Waals surface area (Å²) in [4.78, 5) is 38.4. The lowest BCUT2D eigenvalue weighted by Crippen LogP contribution is -2.21. The van der Waals surface area contributed by atoms with Crippen molar-refractivity contribution in [2.45, 2.75) is 0 Å². The molecule has 142 valence electrons. The van der Waals surface area contributed by atoms with Crippen LogP contribution in [0.25, 0.3) is 10.9 Å². The van der Waals surface area contributed by atoms with E-state index in [1.807, 2.05) is 0 Å². The fourth-order valence-electron chi connectivity index (χ4n) is 2.37. The molecule has 2 aromatic carbocycles. The number of hydrogen-bond acceptors (Lipinski definition) is 6. The number of carbonyl (C=O) groups is 2. The lowest BCUT2D eigenvalue weighted by molar-refractivity contribution is -0.384. The van der Waals surface area contributed by atoms with Crippen molar-refractivity contribution in [2.75, 3.05) is 11.9 Å². The Morgan fingerprint density at radius 3 is 2.64 bits per heavy atom. The van der Waals surface area contributed by atoms with Crippen molar-refractivity contribution in [3.8, 4) is 0 Å². The van der Waals surface area contributed by atoms with E-state index < -0.39 is 23.4 Å². The number of esters is 1. The second-order valence-electron chi connectivity index (χ2n) is 5.59. The smallest absolute Gasteiger partial charge is 0.338 e. The van der Waals surface area contributed by atoms with Crippen LogP contribution in [0.3, 0.4) is 0 Å². The van der Waals surface area contributed by atoms with Gasteiger partial charge in [0.15, 0.2) is 6.61 Å². The number of nitrogens with one attached hydrogen (secondary N) is 1. The largest absolute Gasteiger partial charge is 0.452 e. The van der Waals surface area contributed by atoms with Gasteiger partial charge in [0.25, 0.3) is 11.6 Å². The molecule has 0 saturated carbocycles. The van der Waals surface area contributed by atoms with Gasteiger partial charge >= 0.3 is 5.97 Å². The lowest BCUT2D eigenvalue weighted by Gasteiger charge is -2.07. The van der Waals surface area contributed by atoms with Crippen molar-refractivity contribution in [2.24, 2.45) is 0 Å². The van der Waals surface area contributed by atoms with Gasteiger partial charge in [-0.1, -0.05) is 23.2 Å². The number of halogens is 2. The molecule has 1 heterocycles. The number of ether oxygens (including phenoxy) is 1. The summed E-state index contributed by atoms with van der Waals surface area (Å²) in [5.41, 5.74) is 0.671. The van der Waals surface area contributed by atoms with E-state index in [9.17, 15) is 19.7 Å². The van der Waals surface area contributed by atoms with Crippen LogP contribution in [0.15, 0.2) is 48.5 Å². The number of nitro groups is 1. The molecule has 1 aromatic heterocycles. The number of rotatable bonds is 5. The predicted octanol–water partition coefficient (Wildman–Crippen LogP) is 4.25. The van der Waals surface area contributed by atoms with Crippen molar-refractivity contribution in [3.63, 3.8) is 0 Å². The maximum absolute atomic E-state index is 12.1. The van der Waals surface area contributed by atoms with Gasteiger partial charge in [0.2, 0.25) is 0 Å². The first-order valence-electron chi connectivity index (χ1n) is 7.81. The molecular weight excluding hydrogens is 409 g/mol. The third-order valence-corrected chi connectivity index (χ3v) is 4.18. The van der Waals surface area contributed by atoms with Gasteiger partial charge < -0.3 is 10.1 Å². The van der Waals surface area contributed by atoms with Crippen molar-refractivity contribution in [3.05, 3.63) is 74.4 Å². The monoisotopic (exact) mass is 419 g/mol. The highest BCUT2D eigenvalue weighted by atomic mass is 35.5. The maximum Gasteiger partial charge on any atom is 0.338 e. The van der Waals surface area contributed by atoms with Crippen LogP contribution in [0.5, 0.6) is 0 Å². The molecule has 3 rings (SSSR count). The Morgan fingerprint density at radius 1 is 1.11 bits per heavy atom. The maximum atomic E-state index is 12.1. The molecule has 28 heavy (non-hydrogen) atoms. The third kappa shape index (κ3) is 4.54. The van der Waals surface area contributed by atoms with Crippen molar-refractivity contribution < 1.29 is 19.2 Å². The molecule has 0 fully saturated rings. The number of anilines is 1. The van der Waals surface area contributed by atoms with E-state index in [0.717, 1.165) is 6.07 Å². The number of nitro benzene ring substituents is 1. The number of carbonyl (C=O) groups excluding carboxylic acids is 2. The second kappa shape index (κ2) is 8.20. The number of nitrogens with zero attached hydrogens (tertiary/aromatic N) is 2. The van der Waals surface area contributed by atoms with Crippen LogP contribution in [-0.2, 0) is 9.53 Å². The van der Waals surface area contributed by atoms with Crippen molar-refractivity contribution >= 4 is 57.4 Å². The SMILES string of the molecule is O=C(COC(=O)c1ccc2nc(Cl)ccc2c1)Nc1ccc(Cl)c([N+](=O)[O-])c1. The van der Waals surface area contributed by atoms with Crippen LogP contribution in [0, 0.1) is 10.1 Å². The Balaban J connectivity index is 1.63. The lowest BCUT2D eigenvalue weighted by atomic mass is 10.1. The summed E-state index contributed by atoms with van der Waals surface area (Å²) in [6, 6.07) is 11.8. The fraction of sp³-hybridized carbons (Fsp3) is 0.0556. The Morgan fingerprint density at radius 2 is 1.89 bits per heavy atom. The summed E-state index contributed by atoms with van der Waals surface area (Å²) >= 11 is 11.5. The molecule has 0 spiro atoms. The highest BCUT2D eigenvalue weighted by Crippen LogP contribution is 2.27. The normalized spacial score (nSPS) is 10.5. The average Bonchev–Trinajstić information content (AvgIpc) is 2.67. The summed E-state index contributed by atoms with van der Waals surface area (Å²) in [6.07, 6.45) is 0. The molecule has 0 radical (unpaired) electrons. The highest BCUT2D eigenvalue weighted by molar-refractivity contribution is 6.32. The van der Waals surface area contributed by atoms with E-state index in [2.05, 4.69) is 10.3 Å². The highest BCUT2D eigenvalue weighted by Gasteiger charge is 2.15. The standard InChI is InChI=1S/C18H11Cl2N3O5/c19-13-4-3-12(8-15(13)23(26)27)21-17(24)9-28-18(25)11-1-5-14-10(7-11)2-6-16(20)22-14/h1-8H,9H2,(H,21,24). The zero-order chi connectivity index (χ0) is 20.3. The molecular formula is C18H11Cl2N3O5. The molecule has 3 aromatic rings. The van der Waals surface area contributed by atoms with Gasteiger partial charge in [0.05, 0.1) is 16.0 Å². The van der Waals surface area contributed by atoms with Crippen LogP contribution in [0.1, 0.15) is 10.4 Å². The molecule has 0 atom stereocenters. The van der Waals surface area contributed by atoms with Crippen molar-refractivity contribution in [1.82, 2.24) is 4.98 Å². The van der Waals surface area contributed by atoms with Gasteiger partial charge in [-0.05, 0) is 42.5 Å². The molecule has 0 unspecified atom stereocenters. The first kappa shape index (κ1) is 19.5. The molecule has 0 aliphatic rings. The van der Waals surface area contributed by atoms with Gasteiger partial charge in [-0.2, -0.15) is 0 Å². The third-order valence-electron chi connectivity index (χ3n) is 3.65. The quantitative estimate of drug-likeness (QED) is 0.286. The van der Waals surface area contributed by atoms with Gasteiger partial charge in [0, 0.05) is 17.1 Å². The fourth-order valence-corrected chi connectivity index (χ4v) is 2.71. The average molecular weight is 420 g/mol. The van der Waals surface area contributed by atoms with Crippen LogP contribution in [0.4, 0.5) is 11.4 Å². The Kier molecular flexibility index (Phi) is 5.72. The summed E-state index contributed by atoms with van der Waals surface area (Å²) in [5, 5.41) is 14.2. The Labute approximate surface area is 168 Å². The zero-order valence-corrected chi connectivity index (χ0v) is 15.5. The summed E-state index contributed by atoms with van der Waals surface area (Å²) in [7, 11) is 0. The van der Waals surface area contributed by atoms with Crippen LogP contribution >= 0.6 is 23.2 Å². The second-order valence-corrected chi connectivity index (χ2v) is 6.38. The van der Waals surface area contributed by atoms with E-state index in [-0.39, 0.29) is 22.0 Å². The molecule has 1 N–H and O–H groups in total. The van der Waals surface area contributed by atoms with E-state index in [4.69, 9.17) is 27.9 Å². The van der Waals surface area contributed by atoms with Gasteiger partial charge in [-0.3, -0.25) is 14.9 Å². The minimum Gasteiger partial charge on any atom is -0.452 e. The van der Waals surface area contributed by atoms with Gasteiger partial charge in [-0.15, -0.1) is 0 Å². The number of pyridine rings is 1. The molecule has 0 bridgehead atoms. The van der Waals surface area contributed by atoms with Gasteiger partial charge in [-0.25, -0.2) is 9.78 Å². The van der Waals surface area contributed by atoms with Crippen LogP contribution in [-0.4, -0.2) is 28.4 Å². The van der Waals surface area contributed by atoms with E-state index >= 15 is 0 Å². The minimum absolute atomic E-state index is 0.0542. The molecule has 10 heteroatoms. The predicted molar refractivity (Wildman–Crippen MR) is 104 cm³/mol. The molecule has 0 saturated heterocycles. The number of amides is 1. The molecule has 8 nitrogen and oxygen atoms in total.